The van der Waals surface area contributed by atoms with E-state index in [1.54, 1.807) is 12.4 Å². The highest BCUT2D eigenvalue weighted by Crippen LogP contribution is 2.22. The normalized spacial score (nSPS) is 14.8. The number of anilines is 3. The highest BCUT2D eigenvalue weighted by atomic mass is 16.5. The second-order valence-electron chi connectivity index (χ2n) is 5.89. The Kier molecular flexibility index (Phi) is 4.08. The molecule has 25 heavy (non-hydrogen) atoms. The third kappa shape index (κ3) is 3.19. The first-order valence-electron chi connectivity index (χ1n) is 8.10. The number of morpholine rings is 1. The van der Waals surface area contributed by atoms with E-state index < -0.39 is 0 Å². The van der Waals surface area contributed by atoms with Gasteiger partial charge in [-0.3, -0.25) is 5.01 Å². The van der Waals surface area contributed by atoms with Crippen molar-refractivity contribution >= 4 is 23.1 Å². The van der Waals surface area contributed by atoms with Gasteiger partial charge in [0.1, 0.15) is 11.5 Å². The molecule has 4 rings (SSSR count). The third-order valence-corrected chi connectivity index (χ3v) is 4.18. The van der Waals surface area contributed by atoms with Gasteiger partial charge in [-0.1, -0.05) is 6.07 Å². The first kappa shape index (κ1) is 15.6. The van der Waals surface area contributed by atoms with E-state index in [4.69, 9.17) is 16.3 Å². The Bertz CT molecular complexity index is 873. The summed E-state index contributed by atoms with van der Waals surface area (Å²) in [5, 5.41) is 1.52. The fourth-order valence-corrected chi connectivity index (χ4v) is 2.87. The van der Waals surface area contributed by atoms with Crippen molar-refractivity contribution in [2.45, 2.75) is 6.54 Å². The van der Waals surface area contributed by atoms with Crippen LogP contribution in [-0.2, 0) is 11.3 Å². The van der Waals surface area contributed by atoms with E-state index in [0.29, 0.717) is 31.4 Å². The summed E-state index contributed by atoms with van der Waals surface area (Å²) in [6.07, 6.45) is 7.31. The molecule has 0 atom stereocenters. The van der Waals surface area contributed by atoms with Gasteiger partial charge in [-0.15, -0.1) is 0 Å². The van der Waals surface area contributed by atoms with Crippen LogP contribution in [0.5, 0.6) is 0 Å². The van der Waals surface area contributed by atoms with E-state index in [1.165, 1.54) is 5.01 Å². The number of hydrogen-bond donors (Lipinski definition) is 2. The van der Waals surface area contributed by atoms with Crippen LogP contribution in [0.25, 0.3) is 5.65 Å². The topological polar surface area (TPSA) is 111 Å². The van der Waals surface area contributed by atoms with Crippen LogP contribution < -0.4 is 21.5 Å². The molecule has 0 aliphatic carbocycles. The van der Waals surface area contributed by atoms with Gasteiger partial charge in [-0.2, -0.15) is 0 Å². The second kappa shape index (κ2) is 6.54. The van der Waals surface area contributed by atoms with E-state index in [-0.39, 0.29) is 0 Å². The SMILES string of the molecule is Nc1ncc(N2CCOCC2)nc1N(N)Cc1ccc2nccn2c1. The van der Waals surface area contributed by atoms with Gasteiger partial charge in [0, 0.05) is 31.7 Å². The number of nitrogen functional groups attached to an aromatic ring is 1. The number of pyridine rings is 1. The van der Waals surface area contributed by atoms with Gasteiger partial charge in [0.05, 0.1) is 26.0 Å². The lowest BCUT2D eigenvalue weighted by Crippen LogP contribution is -2.38. The van der Waals surface area contributed by atoms with Gasteiger partial charge in [-0.25, -0.2) is 20.8 Å². The first-order valence-corrected chi connectivity index (χ1v) is 8.10. The van der Waals surface area contributed by atoms with Crippen LogP contribution in [0.15, 0.2) is 36.9 Å². The maximum atomic E-state index is 6.23. The first-order chi connectivity index (χ1) is 12.2. The van der Waals surface area contributed by atoms with Crippen molar-refractivity contribution < 1.29 is 4.74 Å². The molecule has 3 aromatic heterocycles. The maximum Gasteiger partial charge on any atom is 0.188 e. The van der Waals surface area contributed by atoms with Crippen molar-refractivity contribution in [2.75, 3.05) is 41.9 Å². The van der Waals surface area contributed by atoms with Crippen molar-refractivity contribution in [2.24, 2.45) is 5.84 Å². The van der Waals surface area contributed by atoms with Crippen LogP contribution in [0.1, 0.15) is 5.56 Å². The van der Waals surface area contributed by atoms with Crippen molar-refractivity contribution in [3.8, 4) is 0 Å². The summed E-state index contributed by atoms with van der Waals surface area (Å²) in [6.45, 7) is 3.37. The van der Waals surface area contributed by atoms with Crippen LogP contribution in [0.4, 0.5) is 17.5 Å². The zero-order chi connectivity index (χ0) is 17.2. The van der Waals surface area contributed by atoms with Gasteiger partial charge in [0.15, 0.2) is 11.6 Å². The fraction of sp³-hybridized carbons (Fsp3) is 0.312. The van der Waals surface area contributed by atoms with E-state index in [0.717, 1.165) is 30.1 Å². The fourth-order valence-electron chi connectivity index (χ4n) is 2.87. The molecule has 0 saturated carbocycles. The highest BCUT2D eigenvalue weighted by molar-refractivity contribution is 5.60. The number of fused-ring (bicyclic) bond motifs is 1. The van der Waals surface area contributed by atoms with Crippen LogP contribution in [-0.4, -0.2) is 45.7 Å². The summed E-state index contributed by atoms with van der Waals surface area (Å²) in [7, 11) is 0. The Morgan fingerprint density at radius 3 is 2.88 bits per heavy atom. The molecule has 9 heteroatoms. The highest BCUT2D eigenvalue weighted by Gasteiger charge is 2.17. The zero-order valence-corrected chi connectivity index (χ0v) is 13.7. The Morgan fingerprint density at radius 2 is 2.04 bits per heavy atom. The van der Waals surface area contributed by atoms with Crippen molar-refractivity contribution in [3.05, 3.63) is 42.5 Å². The number of nitrogens with zero attached hydrogens (tertiary/aromatic N) is 6. The Hall–Kier alpha value is -2.91. The van der Waals surface area contributed by atoms with E-state index in [2.05, 4.69) is 19.9 Å². The van der Waals surface area contributed by atoms with E-state index >= 15 is 0 Å². The van der Waals surface area contributed by atoms with Gasteiger partial charge >= 0.3 is 0 Å². The quantitative estimate of drug-likeness (QED) is 0.519. The van der Waals surface area contributed by atoms with Crippen molar-refractivity contribution in [1.29, 1.82) is 0 Å². The van der Waals surface area contributed by atoms with Crippen LogP contribution in [0, 0.1) is 0 Å². The van der Waals surface area contributed by atoms with E-state index in [1.807, 2.05) is 28.9 Å². The molecule has 1 aliphatic heterocycles. The lowest BCUT2D eigenvalue weighted by Gasteiger charge is -2.28. The largest absolute Gasteiger partial charge is 0.381 e. The molecule has 0 amide bonds. The monoisotopic (exact) mass is 340 g/mol. The smallest absolute Gasteiger partial charge is 0.188 e. The molecule has 3 aromatic rings. The summed E-state index contributed by atoms with van der Waals surface area (Å²) in [5.74, 6) is 7.76. The lowest BCUT2D eigenvalue weighted by molar-refractivity contribution is 0.122. The molecule has 4 heterocycles. The molecule has 0 bridgehead atoms. The molecule has 1 saturated heterocycles. The van der Waals surface area contributed by atoms with Crippen LogP contribution in [0.2, 0.25) is 0 Å². The average molecular weight is 340 g/mol. The predicted octanol–water partition coefficient (Wildman–Crippen LogP) is 0.423. The minimum absolute atomic E-state index is 0.309. The number of hydrogen-bond acceptors (Lipinski definition) is 8. The third-order valence-electron chi connectivity index (χ3n) is 4.18. The number of nitrogens with two attached hydrogens (primary N) is 2. The molecule has 0 spiro atoms. The number of ether oxygens (including phenoxy) is 1. The van der Waals surface area contributed by atoms with Gasteiger partial charge in [-0.05, 0) is 11.6 Å². The van der Waals surface area contributed by atoms with E-state index in [9.17, 15) is 0 Å². The molecule has 1 aliphatic rings. The lowest BCUT2D eigenvalue weighted by atomic mass is 10.2. The summed E-state index contributed by atoms with van der Waals surface area (Å²) < 4.78 is 7.32. The summed E-state index contributed by atoms with van der Waals surface area (Å²) in [4.78, 5) is 15.2. The predicted molar refractivity (Wildman–Crippen MR) is 95.0 cm³/mol. The Labute approximate surface area is 144 Å². The second-order valence-corrected chi connectivity index (χ2v) is 5.89. The molecular weight excluding hydrogens is 320 g/mol. The summed E-state index contributed by atoms with van der Waals surface area (Å²) >= 11 is 0. The molecule has 0 unspecified atom stereocenters. The van der Waals surface area contributed by atoms with Crippen LogP contribution >= 0.6 is 0 Å². The number of rotatable bonds is 4. The van der Waals surface area contributed by atoms with Crippen molar-refractivity contribution in [1.82, 2.24) is 19.4 Å². The standard InChI is InChI=1S/C16H20N8O/c17-15-16(21-14(9-20-15)22-5-7-25-8-6-22)24(18)11-12-1-2-13-19-3-4-23(13)10-12/h1-4,9-10H,5-8,11,18H2,(H2,17,20). The molecule has 0 radical (unpaired) electrons. The van der Waals surface area contributed by atoms with Gasteiger partial charge < -0.3 is 19.8 Å². The Balaban J connectivity index is 1.56. The molecule has 9 nitrogen and oxygen atoms in total. The minimum atomic E-state index is 0.309. The molecule has 1 fully saturated rings. The van der Waals surface area contributed by atoms with Crippen LogP contribution in [0.3, 0.4) is 0 Å². The summed E-state index contributed by atoms with van der Waals surface area (Å²) in [6, 6.07) is 3.93. The average Bonchev–Trinajstić information content (AvgIpc) is 3.10. The summed E-state index contributed by atoms with van der Waals surface area (Å²) in [5.41, 5.74) is 7.90. The Morgan fingerprint density at radius 1 is 1.20 bits per heavy atom. The minimum Gasteiger partial charge on any atom is -0.381 e. The van der Waals surface area contributed by atoms with Gasteiger partial charge in [0.25, 0.3) is 0 Å². The molecule has 130 valence electrons. The maximum absolute atomic E-state index is 6.23. The van der Waals surface area contributed by atoms with Gasteiger partial charge in [0.2, 0.25) is 0 Å². The number of hydrazine groups is 1. The molecule has 0 aromatic carbocycles. The van der Waals surface area contributed by atoms with Crippen molar-refractivity contribution in [3.63, 3.8) is 0 Å². The zero-order valence-electron chi connectivity index (χ0n) is 13.7. The molecule has 4 N–H and O–H groups in total. The number of aromatic nitrogens is 4. The molecular formula is C16H20N8O. The number of imidazole rings is 1.